The fraction of sp³-hybridized carbons (Fsp3) is 1.00. The van der Waals surface area contributed by atoms with Gasteiger partial charge in [-0.15, -0.1) is 0 Å². The Morgan fingerprint density at radius 1 is 1.50 bits per heavy atom. The van der Waals surface area contributed by atoms with Crippen LogP contribution in [-0.4, -0.2) is 27.6 Å². The number of rotatable bonds is 1. The molecule has 0 bridgehead atoms. The molecule has 5 N–H and O–H groups in total. The molecule has 1 fully saturated rings. The van der Waals surface area contributed by atoms with E-state index in [1.54, 1.807) is 0 Å². The predicted molar refractivity (Wildman–Crippen MR) is 36.7 cm³/mol. The number of nitrogens with one attached hydrogen (secondary N) is 1. The van der Waals surface area contributed by atoms with E-state index >= 15 is 0 Å². The van der Waals surface area contributed by atoms with E-state index in [9.17, 15) is 4.57 Å². The molecule has 1 aliphatic heterocycles. The third-order valence-corrected chi connectivity index (χ3v) is 2.69. The highest BCUT2D eigenvalue weighted by Gasteiger charge is 2.30. The summed E-state index contributed by atoms with van der Waals surface area (Å²) in [4.78, 5) is 17.1. The van der Waals surface area contributed by atoms with E-state index < -0.39 is 13.4 Å². The molecule has 1 atom stereocenters. The van der Waals surface area contributed by atoms with Gasteiger partial charge in [0, 0.05) is 0 Å². The molecule has 1 unspecified atom stereocenters. The van der Waals surface area contributed by atoms with Crippen molar-refractivity contribution in [2.45, 2.75) is 18.6 Å². The summed E-state index contributed by atoms with van der Waals surface area (Å²) >= 11 is 0. The lowest BCUT2D eigenvalue weighted by Crippen LogP contribution is -2.20. The Kier molecular flexibility index (Phi) is 3.48. The quantitative estimate of drug-likeness (QED) is 0.440. The first-order valence-electron chi connectivity index (χ1n) is 2.89. The normalized spacial score (nSPS) is 26.0. The summed E-state index contributed by atoms with van der Waals surface area (Å²) in [6.45, 7) is 0.732. The van der Waals surface area contributed by atoms with Gasteiger partial charge in [0.1, 0.15) is 5.78 Å². The van der Waals surface area contributed by atoms with Crippen molar-refractivity contribution >= 4 is 7.60 Å². The lowest BCUT2D eigenvalue weighted by atomic mass is 10.4. The van der Waals surface area contributed by atoms with Crippen molar-refractivity contribution in [2.75, 3.05) is 6.54 Å². The summed E-state index contributed by atoms with van der Waals surface area (Å²) in [6, 6.07) is 0. The highest BCUT2D eigenvalue weighted by atomic mass is 31.2. The van der Waals surface area contributed by atoms with Crippen LogP contribution in [0.15, 0.2) is 0 Å². The van der Waals surface area contributed by atoms with E-state index in [2.05, 4.69) is 5.32 Å². The predicted octanol–water partition coefficient (Wildman–Crippen LogP) is -0.951. The van der Waals surface area contributed by atoms with Crippen LogP contribution in [0.5, 0.6) is 0 Å². The minimum atomic E-state index is -3.82. The molecule has 0 amide bonds. The van der Waals surface area contributed by atoms with Crippen LogP contribution in [0, 0.1) is 0 Å². The van der Waals surface area contributed by atoms with Crippen molar-refractivity contribution in [1.29, 1.82) is 0 Å². The van der Waals surface area contributed by atoms with Gasteiger partial charge < -0.3 is 20.6 Å². The highest BCUT2D eigenvalue weighted by molar-refractivity contribution is 7.52. The van der Waals surface area contributed by atoms with Crippen molar-refractivity contribution in [3.63, 3.8) is 0 Å². The molecule has 0 saturated carbocycles. The lowest BCUT2D eigenvalue weighted by Gasteiger charge is -2.10. The monoisotopic (exact) mass is 169 g/mol. The minimum Gasteiger partial charge on any atom is -0.412 e. The van der Waals surface area contributed by atoms with Gasteiger partial charge in [-0.3, -0.25) is 4.57 Å². The van der Waals surface area contributed by atoms with Crippen LogP contribution in [0.4, 0.5) is 0 Å². The van der Waals surface area contributed by atoms with Gasteiger partial charge >= 0.3 is 7.60 Å². The second-order valence-electron chi connectivity index (χ2n) is 2.20. The first-order valence-corrected chi connectivity index (χ1v) is 4.57. The first kappa shape index (κ1) is 10.1. The second kappa shape index (κ2) is 3.46. The summed E-state index contributed by atoms with van der Waals surface area (Å²) in [7, 11) is -3.82. The van der Waals surface area contributed by atoms with Crippen LogP contribution in [-0.2, 0) is 4.57 Å². The largest absolute Gasteiger partial charge is 0.412 e. The van der Waals surface area contributed by atoms with Crippen LogP contribution in [0.1, 0.15) is 12.8 Å². The van der Waals surface area contributed by atoms with E-state index in [4.69, 9.17) is 9.79 Å². The standard InChI is InChI=1S/C4H10NO3P.H2O/c6-9(7,8)4-2-1-3-5-4;/h4-5H,1-3H2,(H2,6,7,8);1H2. The Morgan fingerprint density at radius 3 is 2.30 bits per heavy atom. The molecule has 62 valence electrons. The molecular formula is C4H12NO4P. The first-order chi connectivity index (χ1) is 4.11. The van der Waals surface area contributed by atoms with Gasteiger partial charge in [-0.1, -0.05) is 0 Å². The zero-order valence-electron chi connectivity index (χ0n) is 5.45. The van der Waals surface area contributed by atoms with Crippen molar-refractivity contribution < 1.29 is 19.8 Å². The van der Waals surface area contributed by atoms with Gasteiger partial charge in [-0.2, -0.15) is 0 Å². The average molecular weight is 169 g/mol. The van der Waals surface area contributed by atoms with Gasteiger partial charge in [0.25, 0.3) is 0 Å². The van der Waals surface area contributed by atoms with E-state index in [0.717, 1.165) is 13.0 Å². The molecule has 6 heteroatoms. The summed E-state index contributed by atoms with van der Waals surface area (Å²) in [5, 5.41) is 2.73. The fourth-order valence-electron chi connectivity index (χ4n) is 0.953. The second-order valence-corrected chi connectivity index (χ2v) is 4.00. The fourth-order valence-corrected chi connectivity index (χ4v) is 1.84. The lowest BCUT2D eigenvalue weighted by molar-refractivity contribution is 0.353. The van der Waals surface area contributed by atoms with Crippen molar-refractivity contribution in [3.8, 4) is 0 Å². The van der Waals surface area contributed by atoms with Crippen molar-refractivity contribution in [3.05, 3.63) is 0 Å². The van der Waals surface area contributed by atoms with Crippen molar-refractivity contribution in [2.24, 2.45) is 0 Å². The third-order valence-electron chi connectivity index (χ3n) is 1.44. The molecule has 0 aromatic rings. The molecule has 1 heterocycles. The molecule has 5 nitrogen and oxygen atoms in total. The molecule has 1 aliphatic rings. The maximum absolute atomic E-state index is 10.5. The van der Waals surface area contributed by atoms with Crippen molar-refractivity contribution in [1.82, 2.24) is 5.32 Å². The Morgan fingerprint density at radius 2 is 2.10 bits per heavy atom. The van der Waals surface area contributed by atoms with E-state index in [-0.39, 0.29) is 5.48 Å². The number of hydrogen-bond donors (Lipinski definition) is 3. The van der Waals surface area contributed by atoms with E-state index in [1.165, 1.54) is 0 Å². The minimum absolute atomic E-state index is 0. The molecule has 1 saturated heterocycles. The molecule has 0 spiro atoms. The third kappa shape index (κ3) is 2.36. The zero-order valence-corrected chi connectivity index (χ0v) is 6.34. The Labute approximate surface area is 58.9 Å². The molecule has 0 aromatic heterocycles. The summed E-state index contributed by atoms with van der Waals surface area (Å²) in [5.41, 5.74) is 0. The summed E-state index contributed by atoms with van der Waals surface area (Å²) in [6.07, 6.45) is 1.47. The Bertz CT molecular complexity index is 138. The molecule has 10 heavy (non-hydrogen) atoms. The molecule has 0 aliphatic carbocycles. The van der Waals surface area contributed by atoms with Gasteiger partial charge in [-0.25, -0.2) is 0 Å². The van der Waals surface area contributed by atoms with Gasteiger partial charge in [0.05, 0.1) is 0 Å². The molecular weight excluding hydrogens is 157 g/mol. The van der Waals surface area contributed by atoms with E-state index in [0.29, 0.717) is 6.42 Å². The van der Waals surface area contributed by atoms with Crippen LogP contribution in [0.2, 0.25) is 0 Å². The van der Waals surface area contributed by atoms with Gasteiger partial charge in [0.15, 0.2) is 0 Å². The van der Waals surface area contributed by atoms with Gasteiger partial charge in [0.2, 0.25) is 0 Å². The average Bonchev–Trinajstić information content (AvgIpc) is 2.08. The van der Waals surface area contributed by atoms with Gasteiger partial charge in [-0.05, 0) is 19.4 Å². The summed E-state index contributed by atoms with van der Waals surface area (Å²) < 4.78 is 10.5. The van der Waals surface area contributed by atoms with Crippen LogP contribution in [0.3, 0.4) is 0 Å². The number of hydrogen-bond acceptors (Lipinski definition) is 2. The maximum atomic E-state index is 10.5. The highest BCUT2D eigenvalue weighted by Crippen LogP contribution is 2.43. The smallest absolute Gasteiger partial charge is 0.342 e. The zero-order chi connectivity index (χ0) is 6.91. The van der Waals surface area contributed by atoms with Crippen LogP contribution >= 0.6 is 7.60 Å². The Hall–Kier alpha value is 0.0700. The molecule has 0 aromatic carbocycles. The van der Waals surface area contributed by atoms with Crippen LogP contribution in [0.25, 0.3) is 0 Å². The van der Waals surface area contributed by atoms with Crippen LogP contribution < -0.4 is 5.32 Å². The maximum Gasteiger partial charge on any atom is 0.342 e. The topological polar surface area (TPSA) is 101 Å². The summed E-state index contributed by atoms with van der Waals surface area (Å²) in [5.74, 6) is -0.572. The molecule has 0 radical (unpaired) electrons. The Balaban J connectivity index is 0.000000810. The molecule has 1 rings (SSSR count). The SMILES string of the molecule is O.O=P(O)(O)C1CCCN1. The van der Waals surface area contributed by atoms with E-state index in [1.807, 2.05) is 0 Å².